The van der Waals surface area contributed by atoms with Gasteiger partial charge in [-0.3, -0.25) is 4.90 Å². The second kappa shape index (κ2) is 6.55. The van der Waals surface area contributed by atoms with E-state index in [1.165, 1.54) is 12.8 Å². The summed E-state index contributed by atoms with van der Waals surface area (Å²) in [7, 11) is 0. The van der Waals surface area contributed by atoms with Crippen LogP contribution in [-0.2, 0) is 4.79 Å². The highest BCUT2D eigenvalue weighted by atomic mass is 16.5. The number of hydrogen-bond acceptors (Lipinski definition) is 3. The van der Waals surface area contributed by atoms with Crippen molar-refractivity contribution >= 4 is 6.29 Å². The highest BCUT2D eigenvalue weighted by Gasteiger charge is 2.22. The van der Waals surface area contributed by atoms with E-state index >= 15 is 0 Å². The molecule has 0 N–H and O–H groups in total. The highest BCUT2D eigenvalue weighted by molar-refractivity contribution is 5.62. The van der Waals surface area contributed by atoms with Gasteiger partial charge in [0.1, 0.15) is 12.0 Å². The molecule has 0 spiro atoms. The molecule has 0 aliphatic carbocycles. The number of carbonyl (C=O) groups is 1. The zero-order chi connectivity index (χ0) is 12.8. The van der Waals surface area contributed by atoms with Crippen molar-refractivity contribution in [1.29, 1.82) is 0 Å². The molecule has 1 aromatic carbocycles. The van der Waals surface area contributed by atoms with Gasteiger partial charge in [0, 0.05) is 0 Å². The third-order valence-electron chi connectivity index (χ3n) is 3.34. The summed E-state index contributed by atoms with van der Waals surface area (Å²) >= 11 is 0. The van der Waals surface area contributed by atoms with Crippen LogP contribution in [0.4, 0.5) is 0 Å². The van der Waals surface area contributed by atoms with Gasteiger partial charge in [0.25, 0.3) is 0 Å². The number of nitrogens with zero attached hydrogens (tertiary/aromatic N) is 1. The molecule has 0 aromatic heterocycles. The average Bonchev–Trinajstić information content (AvgIpc) is 2.92. The van der Waals surface area contributed by atoms with Gasteiger partial charge in [0.2, 0.25) is 0 Å². The smallest absolute Gasteiger partial charge is 0.141 e. The van der Waals surface area contributed by atoms with E-state index in [2.05, 4.69) is 11.8 Å². The van der Waals surface area contributed by atoms with E-state index in [9.17, 15) is 4.79 Å². The van der Waals surface area contributed by atoms with Crippen LogP contribution in [0.15, 0.2) is 24.3 Å². The van der Waals surface area contributed by atoms with E-state index < -0.39 is 0 Å². The van der Waals surface area contributed by atoms with Crippen molar-refractivity contribution in [1.82, 2.24) is 4.90 Å². The maximum absolute atomic E-state index is 11.3. The van der Waals surface area contributed by atoms with Crippen molar-refractivity contribution in [2.75, 3.05) is 19.7 Å². The summed E-state index contributed by atoms with van der Waals surface area (Å²) in [5.41, 5.74) is 1.04. The van der Waals surface area contributed by atoms with E-state index in [4.69, 9.17) is 4.74 Å². The minimum Gasteiger partial charge on any atom is -0.494 e. The van der Waals surface area contributed by atoms with Crippen LogP contribution in [0, 0.1) is 0 Å². The summed E-state index contributed by atoms with van der Waals surface area (Å²) in [6.07, 6.45) is 4.42. The highest BCUT2D eigenvalue weighted by Crippen LogP contribution is 2.26. The summed E-state index contributed by atoms with van der Waals surface area (Å²) in [6, 6.07) is 7.80. The zero-order valence-corrected chi connectivity index (χ0v) is 11.0. The average molecular weight is 247 g/mol. The molecule has 3 heteroatoms. The third-order valence-corrected chi connectivity index (χ3v) is 3.34. The first-order chi connectivity index (χ1) is 8.85. The number of hydrogen-bond donors (Lipinski definition) is 0. The maximum Gasteiger partial charge on any atom is 0.141 e. The van der Waals surface area contributed by atoms with E-state index in [1.807, 2.05) is 24.3 Å². The van der Waals surface area contributed by atoms with Crippen LogP contribution >= 0.6 is 0 Å². The molecule has 1 heterocycles. The maximum atomic E-state index is 11.3. The molecule has 1 aromatic rings. The lowest BCUT2D eigenvalue weighted by Gasteiger charge is -2.23. The van der Waals surface area contributed by atoms with Crippen LogP contribution in [-0.4, -0.2) is 30.9 Å². The van der Waals surface area contributed by atoms with Crippen LogP contribution in [0.1, 0.15) is 37.8 Å². The first-order valence-electron chi connectivity index (χ1n) is 6.77. The van der Waals surface area contributed by atoms with Crippen molar-refractivity contribution in [2.24, 2.45) is 0 Å². The fourth-order valence-electron chi connectivity index (χ4n) is 2.40. The summed E-state index contributed by atoms with van der Waals surface area (Å²) < 4.78 is 5.62. The lowest BCUT2D eigenvalue weighted by molar-refractivity contribution is -0.112. The summed E-state index contributed by atoms with van der Waals surface area (Å²) in [4.78, 5) is 13.6. The molecule has 1 atom stereocenters. The standard InChI is InChI=1S/C15H21NO2/c1-2-10-18-14-7-5-6-13(11-14)15(12-17)16-8-3-4-9-16/h5-7,11-12,15H,2-4,8-10H2,1H3. The van der Waals surface area contributed by atoms with Gasteiger partial charge < -0.3 is 9.53 Å². The molecule has 1 fully saturated rings. The number of ether oxygens (including phenoxy) is 1. The summed E-state index contributed by atoms with van der Waals surface area (Å²) in [5, 5.41) is 0. The van der Waals surface area contributed by atoms with Crippen LogP contribution in [0.2, 0.25) is 0 Å². The normalized spacial score (nSPS) is 17.6. The SMILES string of the molecule is CCCOc1cccc(C(C=O)N2CCCC2)c1. The molecule has 0 radical (unpaired) electrons. The van der Waals surface area contributed by atoms with Gasteiger partial charge in [0.15, 0.2) is 0 Å². The van der Waals surface area contributed by atoms with Crippen molar-refractivity contribution in [2.45, 2.75) is 32.2 Å². The monoisotopic (exact) mass is 247 g/mol. The molecule has 0 bridgehead atoms. The zero-order valence-electron chi connectivity index (χ0n) is 11.0. The minimum absolute atomic E-state index is 0.113. The molecule has 98 valence electrons. The number of aldehydes is 1. The van der Waals surface area contributed by atoms with E-state index in [-0.39, 0.29) is 6.04 Å². The van der Waals surface area contributed by atoms with Gasteiger partial charge in [-0.25, -0.2) is 0 Å². The van der Waals surface area contributed by atoms with Gasteiger partial charge in [-0.2, -0.15) is 0 Å². The first-order valence-corrected chi connectivity index (χ1v) is 6.77. The number of benzene rings is 1. The van der Waals surface area contributed by atoms with Crippen LogP contribution in [0.3, 0.4) is 0 Å². The van der Waals surface area contributed by atoms with E-state index in [0.29, 0.717) is 0 Å². The summed E-state index contributed by atoms with van der Waals surface area (Å²) in [5.74, 6) is 0.861. The van der Waals surface area contributed by atoms with Crippen molar-refractivity contribution < 1.29 is 9.53 Å². The lowest BCUT2D eigenvalue weighted by Crippen LogP contribution is -2.26. The van der Waals surface area contributed by atoms with Gasteiger partial charge in [0.05, 0.1) is 12.6 Å². The van der Waals surface area contributed by atoms with Crippen LogP contribution < -0.4 is 4.74 Å². The molecule has 18 heavy (non-hydrogen) atoms. The molecule has 1 aliphatic heterocycles. The third kappa shape index (κ3) is 3.10. The summed E-state index contributed by atoms with van der Waals surface area (Å²) in [6.45, 7) is 4.84. The Bertz CT molecular complexity index is 386. The number of rotatable bonds is 6. The molecule has 3 nitrogen and oxygen atoms in total. The number of carbonyl (C=O) groups excluding carboxylic acids is 1. The lowest BCUT2D eigenvalue weighted by atomic mass is 10.1. The Labute approximate surface area is 109 Å². The molecule has 1 unspecified atom stereocenters. The first kappa shape index (κ1) is 13.1. The predicted molar refractivity (Wildman–Crippen MR) is 71.8 cm³/mol. The van der Waals surface area contributed by atoms with E-state index in [0.717, 1.165) is 43.7 Å². The molecule has 0 saturated carbocycles. The Morgan fingerprint density at radius 3 is 2.83 bits per heavy atom. The van der Waals surface area contributed by atoms with Crippen molar-refractivity contribution in [3.8, 4) is 5.75 Å². The molecule has 1 aliphatic rings. The Kier molecular flexibility index (Phi) is 4.76. The molecular weight excluding hydrogens is 226 g/mol. The fraction of sp³-hybridized carbons (Fsp3) is 0.533. The Morgan fingerprint density at radius 1 is 1.39 bits per heavy atom. The van der Waals surface area contributed by atoms with Crippen LogP contribution in [0.25, 0.3) is 0 Å². The molecule has 2 rings (SSSR count). The minimum atomic E-state index is -0.113. The predicted octanol–water partition coefficient (Wildman–Crippen LogP) is 2.81. The van der Waals surface area contributed by atoms with Crippen LogP contribution in [0.5, 0.6) is 5.75 Å². The molecule has 1 saturated heterocycles. The van der Waals surface area contributed by atoms with Gasteiger partial charge in [-0.05, 0) is 50.0 Å². The fourth-order valence-corrected chi connectivity index (χ4v) is 2.40. The van der Waals surface area contributed by atoms with Crippen molar-refractivity contribution in [3.63, 3.8) is 0 Å². The van der Waals surface area contributed by atoms with Gasteiger partial charge in [-0.1, -0.05) is 19.1 Å². The largest absolute Gasteiger partial charge is 0.494 e. The Morgan fingerprint density at radius 2 is 2.17 bits per heavy atom. The van der Waals surface area contributed by atoms with Gasteiger partial charge >= 0.3 is 0 Å². The quantitative estimate of drug-likeness (QED) is 0.724. The Hall–Kier alpha value is -1.35. The van der Waals surface area contributed by atoms with Crippen molar-refractivity contribution in [3.05, 3.63) is 29.8 Å². The van der Waals surface area contributed by atoms with Gasteiger partial charge in [-0.15, -0.1) is 0 Å². The Balaban J connectivity index is 2.11. The number of likely N-dealkylation sites (tertiary alicyclic amines) is 1. The topological polar surface area (TPSA) is 29.5 Å². The molecular formula is C15H21NO2. The molecule has 0 amide bonds. The second-order valence-corrected chi connectivity index (χ2v) is 4.74. The second-order valence-electron chi connectivity index (χ2n) is 4.74. The van der Waals surface area contributed by atoms with E-state index in [1.54, 1.807) is 0 Å².